The molecule has 5 unspecified atom stereocenters. The molecule has 4 aliphatic rings. The van der Waals surface area contributed by atoms with Crippen LogP contribution in [0.15, 0.2) is 12.1 Å². The van der Waals surface area contributed by atoms with Crippen LogP contribution in [0.4, 0.5) is 4.79 Å². The molecular weight excluding hydrogens is 306 g/mol. The third-order valence-corrected chi connectivity index (χ3v) is 6.52. The van der Waals surface area contributed by atoms with Crippen LogP contribution in [0.2, 0.25) is 0 Å². The number of piperidine rings is 1. The Bertz CT molecular complexity index is 736. The van der Waals surface area contributed by atoms with E-state index >= 15 is 0 Å². The highest BCUT2D eigenvalue weighted by Gasteiger charge is 2.64. The molecule has 6 nitrogen and oxygen atoms in total. The number of aryl methyl sites for hydroxylation is 1. The number of methoxy groups -OCH3 is 1. The molecule has 0 aliphatic carbocycles. The van der Waals surface area contributed by atoms with Crippen molar-refractivity contribution in [3.8, 4) is 11.5 Å². The Morgan fingerprint density at radius 2 is 2.21 bits per heavy atom. The predicted octanol–water partition coefficient (Wildman–Crippen LogP) is 1.93. The van der Waals surface area contributed by atoms with Crippen molar-refractivity contribution < 1.29 is 14.3 Å². The van der Waals surface area contributed by atoms with Crippen LogP contribution >= 0.6 is 0 Å². The Morgan fingerprint density at radius 1 is 1.38 bits per heavy atom. The van der Waals surface area contributed by atoms with E-state index in [4.69, 9.17) is 9.47 Å². The molecule has 6 heteroatoms. The van der Waals surface area contributed by atoms with Crippen molar-refractivity contribution in [3.05, 3.63) is 23.3 Å². The summed E-state index contributed by atoms with van der Waals surface area (Å²) < 4.78 is 12.0. The quantitative estimate of drug-likeness (QED) is 0.826. The Morgan fingerprint density at radius 3 is 3.00 bits per heavy atom. The molecule has 4 heterocycles. The van der Waals surface area contributed by atoms with Crippen LogP contribution in [0.3, 0.4) is 0 Å². The van der Waals surface area contributed by atoms with Crippen molar-refractivity contribution in [1.82, 2.24) is 15.5 Å². The van der Waals surface area contributed by atoms with E-state index in [0.717, 1.165) is 35.5 Å². The number of nitrogens with one attached hydrogen (secondary N) is 2. The summed E-state index contributed by atoms with van der Waals surface area (Å²) in [5.41, 5.74) is 1.61. The molecule has 0 saturated carbocycles. The number of hydrogen-bond acceptors (Lipinski definition) is 4. The first-order valence-electron chi connectivity index (χ1n) is 8.70. The molecular formula is C18H23N3O3. The fraction of sp³-hybridized carbons (Fsp3) is 0.611. The van der Waals surface area contributed by atoms with E-state index in [-0.39, 0.29) is 18.0 Å². The minimum absolute atomic E-state index is 0.0140. The maximum atomic E-state index is 12.3. The normalized spacial score (nSPS) is 39.2. The SMILES string of the molecule is COc1cc(C)c2c(c1)OC13CC4CCC(C1C2NC(=O)N3)N4C. The second kappa shape index (κ2) is 4.57. The highest BCUT2D eigenvalue weighted by Crippen LogP contribution is 2.56. The van der Waals surface area contributed by atoms with Gasteiger partial charge in [0.1, 0.15) is 11.5 Å². The van der Waals surface area contributed by atoms with Gasteiger partial charge in [0.05, 0.1) is 19.1 Å². The molecule has 3 saturated heterocycles. The number of benzene rings is 1. The van der Waals surface area contributed by atoms with Crippen LogP contribution in [0.1, 0.15) is 36.4 Å². The number of hydrogen-bond donors (Lipinski definition) is 2. The van der Waals surface area contributed by atoms with Gasteiger partial charge in [-0.15, -0.1) is 0 Å². The summed E-state index contributed by atoms with van der Waals surface area (Å²) >= 11 is 0. The van der Waals surface area contributed by atoms with E-state index in [1.165, 1.54) is 6.42 Å². The maximum absolute atomic E-state index is 12.3. The molecule has 1 aromatic carbocycles. The summed E-state index contributed by atoms with van der Waals surface area (Å²) in [7, 11) is 3.88. The Hall–Kier alpha value is -1.95. The van der Waals surface area contributed by atoms with Crippen molar-refractivity contribution in [1.29, 1.82) is 0 Å². The number of rotatable bonds is 1. The maximum Gasteiger partial charge on any atom is 0.318 e. The van der Waals surface area contributed by atoms with E-state index in [2.05, 4.69) is 29.5 Å². The number of ether oxygens (including phenoxy) is 2. The molecule has 5 rings (SSSR count). The molecule has 0 radical (unpaired) electrons. The lowest BCUT2D eigenvalue weighted by Gasteiger charge is -2.58. The van der Waals surface area contributed by atoms with E-state index in [0.29, 0.717) is 12.1 Å². The average molecular weight is 329 g/mol. The van der Waals surface area contributed by atoms with Gasteiger partial charge in [0.15, 0.2) is 5.72 Å². The number of carbonyl (C=O) groups is 1. The molecule has 2 N–H and O–H groups in total. The summed E-state index contributed by atoms with van der Waals surface area (Å²) in [6.07, 6.45) is 3.17. The third-order valence-electron chi connectivity index (χ3n) is 6.52. The minimum Gasteiger partial charge on any atom is -0.497 e. The van der Waals surface area contributed by atoms with Crippen molar-refractivity contribution in [3.63, 3.8) is 0 Å². The zero-order chi connectivity index (χ0) is 16.6. The van der Waals surface area contributed by atoms with Gasteiger partial charge in [-0.1, -0.05) is 0 Å². The first-order valence-corrected chi connectivity index (χ1v) is 8.70. The molecule has 5 atom stereocenters. The largest absolute Gasteiger partial charge is 0.497 e. The van der Waals surface area contributed by atoms with Gasteiger partial charge in [0.2, 0.25) is 0 Å². The molecule has 128 valence electrons. The number of carbonyl (C=O) groups excluding carboxylic acids is 1. The van der Waals surface area contributed by atoms with Gasteiger partial charge >= 0.3 is 6.03 Å². The molecule has 24 heavy (non-hydrogen) atoms. The van der Waals surface area contributed by atoms with Crippen molar-refractivity contribution in [2.45, 2.75) is 50.0 Å². The Labute approximate surface area is 141 Å². The fourth-order valence-corrected chi connectivity index (χ4v) is 5.52. The molecule has 0 aromatic heterocycles. The second-order valence-corrected chi connectivity index (χ2v) is 7.62. The first kappa shape index (κ1) is 14.4. The third kappa shape index (κ3) is 1.67. The first-order chi connectivity index (χ1) is 11.5. The van der Waals surface area contributed by atoms with Crippen molar-refractivity contribution >= 4 is 6.03 Å². The van der Waals surface area contributed by atoms with Gasteiger partial charge in [-0.05, 0) is 38.4 Å². The number of nitrogens with zero attached hydrogens (tertiary/aromatic N) is 1. The fourth-order valence-electron chi connectivity index (χ4n) is 5.52. The Kier molecular flexibility index (Phi) is 2.74. The average Bonchev–Trinajstić information content (AvgIpc) is 2.77. The van der Waals surface area contributed by atoms with Crippen molar-refractivity contribution in [2.24, 2.45) is 5.92 Å². The number of amides is 2. The highest BCUT2D eigenvalue weighted by molar-refractivity contribution is 5.78. The van der Waals surface area contributed by atoms with Crippen molar-refractivity contribution in [2.75, 3.05) is 14.2 Å². The van der Waals surface area contributed by atoms with Crippen LogP contribution in [-0.2, 0) is 0 Å². The second-order valence-electron chi connectivity index (χ2n) is 7.62. The van der Waals surface area contributed by atoms with E-state index < -0.39 is 5.72 Å². The van der Waals surface area contributed by atoms with Gasteiger partial charge in [0.25, 0.3) is 0 Å². The lowest BCUT2D eigenvalue weighted by Crippen LogP contribution is -2.75. The van der Waals surface area contributed by atoms with Crippen LogP contribution < -0.4 is 20.1 Å². The highest BCUT2D eigenvalue weighted by atomic mass is 16.5. The summed E-state index contributed by atoms with van der Waals surface area (Å²) in [6.45, 7) is 2.07. The van der Waals surface area contributed by atoms with Crippen LogP contribution in [0, 0.1) is 12.8 Å². The summed E-state index contributed by atoms with van der Waals surface area (Å²) in [5, 5.41) is 6.32. The lowest BCUT2D eigenvalue weighted by molar-refractivity contribution is -0.127. The van der Waals surface area contributed by atoms with E-state index in [1.807, 2.05) is 12.1 Å². The van der Waals surface area contributed by atoms with Gasteiger partial charge in [0, 0.05) is 30.1 Å². The number of fused-ring (bicyclic) bond motifs is 4. The van der Waals surface area contributed by atoms with E-state index in [1.54, 1.807) is 7.11 Å². The molecule has 3 fully saturated rings. The standard InChI is InChI=1S/C18H23N3O3/c1-9-6-11(23-3)7-13-14(9)16-15-12-5-4-10(21(12)2)8-18(15,24-13)20-17(22)19-16/h6-7,10,12,15-16H,4-5,8H2,1-3H3,(H2,19,20,22). The lowest BCUT2D eigenvalue weighted by atomic mass is 9.71. The molecule has 4 bridgehead atoms. The predicted molar refractivity (Wildman–Crippen MR) is 88.2 cm³/mol. The molecule has 4 aliphatic heterocycles. The monoisotopic (exact) mass is 329 g/mol. The smallest absolute Gasteiger partial charge is 0.318 e. The summed E-state index contributed by atoms with van der Waals surface area (Å²) in [5.74, 6) is 1.85. The molecule has 1 aromatic rings. The number of urea groups is 1. The van der Waals surface area contributed by atoms with Crippen LogP contribution in [0.5, 0.6) is 11.5 Å². The van der Waals surface area contributed by atoms with Crippen LogP contribution in [0.25, 0.3) is 0 Å². The van der Waals surface area contributed by atoms with Gasteiger partial charge < -0.3 is 14.8 Å². The molecule has 2 amide bonds. The minimum atomic E-state index is -0.600. The van der Waals surface area contributed by atoms with E-state index in [9.17, 15) is 4.79 Å². The molecule has 0 spiro atoms. The summed E-state index contributed by atoms with van der Waals surface area (Å²) in [6, 6.07) is 4.73. The van der Waals surface area contributed by atoms with Gasteiger partial charge in [-0.3, -0.25) is 10.2 Å². The summed E-state index contributed by atoms with van der Waals surface area (Å²) in [4.78, 5) is 14.8. The van der Waals surface area contributed by atoms with Crippen LogP contribution in [-0.4, -0.2) is 42.9 Å². The zero-order valence-corrected chi connectivity index (χ0v) is 14.3. The van der Waals surface area contributed by atoms with Gasteiger partial charge in [-0.25, -0.2) is 4.79 Å². The van der Waals surface area contributed by atoms with Gasteiger partial charge in [-0.2, -0.15) is 0 Å². The zero-order valence-electron chi connectivity index (χ0n) is 14.3. The topological polar surface area (TPSA) is 62.8 Å². The Balaban J connectivity index is 1.71.